The quantitative estimate of drug-likeness (QED) is 0.0272. The summed E-state index contributed by atoms with van der Waals surface area (Å²) in [7, 11) is 1.25. The number of aliphatic hydroxyl groups is 1. The van der Waals surface area contributed by atoms with Crippen LogP contribution in [0, 0.1) is 0 Å². The molecule has 0 aromatic carbocycles. The maximum absolute atomic E-state index is 13.0. The van der Waals surface area contributed by atoms with Gasteiger partial charge in [0, 0.05) is 6.42 Å². The van der Waals surface area contributed by atoms with Crippen LogP contribution < -0.4 is 10.2 Å². The lowest BCUT2D eigenvalue weighted by molar-refractivity contribution is -0.870. The van der Waals surface area contributed by atoms with Crippen LogP contribution in [-0.2, 0) is 18.4 Å². The first kappa shape index (κ1) is 69.5. The minimum absolute atomic E-state index is 0.00601. The molecule has 3 unspecified atom stereocenters. The zero-order valence-corrected chi connectivity index (χ0v) is 48.6. The van der Waals surface area contributed by atoms with Gasteiger partial charge in [0.25, 0.3) is 7.82 Å². The van der Waals surface area contributed by atoms with Crippen LogP contribution in [0.5, 0.6) is 0 Å². The first-order valence-electron chi connectivity index (χ1n) is 30.5. The van der Waals surface area contributed by atoms with E-state index in [4.69, 9.17) is 9.05 Å². The molecule has 1 amide bonds. The standard InChI is InChI=1S/C62H119N2O6P/c1-6-8-10-12-14-16-18-20-22-24-25-26-27-28-29-30-31-32-33-34-35-36-37-38-39-40-42-44-46-48-50-52-54-56-62(66)63-60(59-70-71(67,68)69-58-57-64(3,4)5)61(65)55-53-51-49-47-45-43-41-23-21-19-17-15-13-11-9-7-2/h25-26,28-29,45,47,53,55,60-61,65H,6-24,27,30-44,46,48-52,54,56-59H2,1-5H3,(H-,63,66,67,68)/b26-25-,29-28-,47-45+,55-53+. The minimum Gasteiger partial charge on any atom is -0.756 e. The SMILES string of the molecule is CCCCCCCCCCC/C=C\C/C=C\CCCCCCCCCCCCCCCCCCCC(=O)NC(COP(=O)([O-])OCC[N+](C)(C)C)C(O)/C=C/CC/C=C/CCCCCCCCCCCC. The Morgan fingerprint density at radius 3 is 1.23 bits per heavy atom. The van der Waals surface area contributed by atoms with Crippen LogP contribution in [0.1, 0.15) is 290 Å². The second-order valence-electron chi connectivity index (χ2n) is 22.0. The number of hydrogen-bond acceptors (Lipinski definition) is 6. The molecule has 0 saturated carbocycles. The van der Waals surface area contributed by atoms with Gasteiger partial charge < -0.3 is 28.8 Å². The number of quaternary nitrogens is 1. The smallest absolute Gasteiger partial charge is 0.268 e. The van der Waals surface area contributed by atoms with Crippen molar-refractivity contribution in [3.8, 4) is 0 Å². The third kappa shape index (κ3) is 56.0. The zero-order valence-electron chi connectivity index (χ0n) is 47.7. The number of likely N-dealkylation sites (N-methyl/N-ethyl adjacent to an activating group) is 1. The van der Waals surface area contributed by atoms with E-state index in [0.717, 1.165) is 44.9 Å². The number of phosphoric ester groups is 1. The molecule has 0 rings (SSSR count). The third-order valence-corrected chi connectivity index (χ3v) is 14.7. The average Bonchev–Trinajstić information content (AvgIpc) is 3.33. The fourth-order valence-corrected chi connectivity index (χ4v) is 9.69. The van der Waals surface area contributed by atoms with Gasteiger partial charge in [-0.25, -0.2) is 0 Å². The molecule has 0 radical (unpaired) electrons. The van der Waals surface area contributed by atoms with Gasteiger partial charge in [0.05, 0.1) is 39.9 Å². The molecule has 0 aromatic heterocycles. The van der Waals surface area contributed by atoms with Gasteiger partial charge in [-0.05, 0) is 64.2 Å². The van der Waals surface area contributed by atoms with E-state index in [2.05, 4.69) is 55.6 Å². The summed E-state index contributed by atoms with van der Waals surface area (Å²) in [5.74, 6) is -0.204. The van der Waals surface area contributed by atoms with Gasteiger partial charge in [0.1, 0.15) is 13.2 Å². The number of aliphatic hydroxyl groups excluding tert-OH is 1. The molecule has 9 heteroatoms. The Hall–Kier alpha value is -1.54. The van der Waals surface area contributed by atoms with Gasteiger partial charge in [0.2, 0.25) is 5.91 Å². The number of allylic oxidation sites excluding steroid dienone is 7. The van der Waals surface area contributed by atoms with E-state index in [1.54, 1.807) is 6.08 Å². The van der Waals surface area contributed by atoms with Crippen molar-refractivity contribution >= 4 is 13.7 Å². The van der Waals surface area contributed by atoms with Crippen molar-refractivity contribution in [2.75, 3.05) is 40.9 Å². The van der Waals surface area contributed by atoms with Crippen molar-refractivity contribution in [3.63, 3.8) is 0 Å². The van der Waals surface area contributed by atoms with Gasteiger partial charge in [-0.2, -0.15) is 0 Å². The predicted octanol–water partition coefficient (Wildman–Crippen LogP) is 18.1. The van der Waals surface area contributed by atoms with E-state index in [-0.39, 0.29) is 12.5 Å². The topological polar surface area (TPSA) is 108 Å². The van der Waals surface area contributed by atoms with E-state index in [9.17, 15) is 19.4 Å². The van der Waals surface area contributed by atoms with Crippen LogP contribution in [0.2, 0.25) is 0 Å². The number of hydrogen-bond donors (Lipinski definition) is 2. The van der Waals surface area contributed by atoms with E-state index in [1.807, 2.05) is 27.2 Å². The number of rotatable bonds is 56. The molecule has 0 fully saturated rings. The first-order valence-corrected chi connectivity index (χ1v) is 32.0. The summed E-state index contributed by atoms with van der Waals surface area (Å²) in [5.41, 5.74) is 0. The molecule has 0 heterocycles. The normalized spacial score (nSPS) is 14.2. The highest BCUT2D eigenvalue weighted by Gasteiger charge is 2.23. The number of amides is 1. The molecule has 418 valence electrons. The van der Waals surface area contributed by atoms with E-state index in [0.29, 0.717) is 17.4 Å². The number of nitrogens with zero attached hydrogens (tertiary/aromatic N) is 1. The molecule has 0 aliphatic carbocycles. The number of unbranched alkanes of at least 4 members (excludes halogenated alkanes) is 37. The first-order chi connectivity index (χ1) is 34.5. The molecule has 2 N–H and O–H groups in total. The van der Waals surface area contributed by atoms with E-state index < -0.39 is 26.6 Å². The van der Waals surface area contributed by atoms with Crippen LogP contribution in [0.25, 0.3) is 0 Å². The fourth-order valence-electron chi connectivity index (χ4n) is 8.97. The zero-order chi connectivity index (χ0) is 52.0. The van der Waals surface area contributed by atoms with Crippen molar-refractivity contribution in [2.24, 2.45) is 0 Å². The van der Waals surface area contributed by atoms with Gasteiger partial charge in [0.15, 0.2) is 0 Å². The lowest BCUT2D eigenvalue weighted by Crippen LogP contribution is -2.45. The third-order valence-electron chi connectivity index (χ3n) is 13.8. The van der Waals surface area contributed by atoms with Gasteiger partial charge in [-0.15, -0.1) is 0 Å². The maximum atomic E-state index is 13.0. The van der Waals surface area contributed by atoms with Crippen molar-refractivity contribution < 1.29 is 32.9 Å². The molecule has 0 saturated heterocycles. The highest BCUT2D eigenvalue weighted by molar-refractivity contribution is 7.45. The van der Waals surface area contributed by atoms with E-state index >= 15 is 0 Å². The van der Waals surface area contributed by atoms with Crippen molar-refractivity contribution in [1.82, 2.24) is 5.32 Å². The lowest BCUT2D eigenvalue weighted by Gasteiger charge is -2.29. The number of carbonyl (C=O) groups is 1. The van der Waals surface area contributed by atoms with Gasteiger partial charge in [-0.3, -0.25) is 9.36 Å². The summed E-state index contributed by atoms with van der Waals surface area (Å²) in [6, 6.07) is -0.903. The average molecular weight is 1020 g/mol. The summed E-state index contributed by atoms with van der Waals surface area (Å²) >= 11 is 0. The molecule has 0 aromatic rings. The van der Waals surface area contributed by atoms with Crippen LogP contribution in [0.4, 0.5) is 0 Å². The monoisotopic (exact) mass is 1020 g/mol. The second-order valence-corrected chi connectivity index (χ2v) is 23.5. The van der Waals surface area contributed by atoms with E-state index in [1.165, 1.54) is 225 Å². The molecule has 0 bridgehead atoms. The Balaban J connectivity index is 4.06. The molecule has 3 atom stereocenters. The molecular weight excluding hydrogens is 900 g/mol. The Labute approximate surface area is 441 Å². The van der Waals surface area contributed by atoms with Crippen molar-refractivity contribution in [3.05, 3.63) is 48.6 Å². The largest absolute Gasteiger partial charge is 0.756 e. The van der Waals surface area contributed by atoms with Crippen LogP contribution >= 0.6 is 7.82 Å². The summed E-state index contributed by atoms with van der Waals surface area (Å²) in [6.45, 7) is 4.65. The highest BCUT2D eigenvalue weighted by Crippen LogP contribution is 2.38. The van der Waals surface area contributed by atoms with Crippen molar-refractivity contribution in [1.29, 1.82) is 0 Å². The molecule has 71 heavy (non-hydrogen) atoms. The predicted molar refractivity (Wildman–Crippen MR) is 307 cm³/mol. The Bertz CT molecular complexity index is 1290. The Morgan fingerprint density at radius 2 is 0.831 bits per heavy atom. The van der Waals surface area contributed by atoms with Gasteiger partial charge >= 0.3 is 0 Å². The number of phosphoric acid groups is 1. The Morgan fingerprint density at radius 1 is 0.493 bits per heavy atom. The molecule has 0 aliphatic heterocycles. The van der Waals surface area contributed by atoms with Crippen LogP contribution in [0.15, 0.2) is 48.6 Å². The molecule has 0 spiro atoms. The molecular formula is C62H119N2O6P. The lowest BCUT2D eigenvalue weighted by atomic mass is 10.0. The maximum Gasteiger partial charge on any atom is 0.268 e. The number of carbonyl (C=O) groups excluding carboxylic acids is 1. The molecule has 0 aliphatic rings. The Kier molecular flexibility index (Phi) is 52.1. The van der Waals surface area contributed by atoms with Crippen LogP contribution in [0.3, 0.4) is 0 Å². The number of nitrogens with one attached hydrogen (secondary N) is 1. The minimum atomic E-state index is -4.60. The van der Waals surface area contributed by atoms with Crippen LogP contribution in [-0.4, -0.2) is 68.5 Å². The second kappa shape index (κ2) is 53.3. The summed E-state index contributed by atoms with van der Waals surface area (Å²) in [6.07, 6.45) is 70.7. The summed E-state index contributed by atoms with van der Waals surface area (Å²) in [4.78, 5) is 25.5. The molecule has 8 nitrogen and oxygen atoms in total. The highest BCUT2D eigenvalue weighted by atomic mass is 31.2. The summed E-state index contributed by atoms with van der Waals surface area (Å²) < 4.78 is 23.3. The van der Waals surface area contributed by atoms with Gasteiger partial charge in [-0.1, -0.05) is 268 Å². The van der Waals surface area contributed by atoms with Crippen molar-refractivity contribution in [2.45, 2.75) is 302 Å². The summed E-state index contributed by atoms with van der Waals surface area (Å²) in [5, 5.41) is 13.9. The fraction of sp³-hybridized carbons (Fsp3) is 0.855.